The predicted molar refractivity (Wildman–Crippen MR) is 174 cm³/mol. The van der Waals surface area contributed by atoms with E-state index in [0.29, 0.717) is 0 Å². The van der Waals surface area contributed by atoms with Gasteiger partial charge in [0.15, 0.2) is 9.84 Å². The number of furan rings is 2. The summed E-state index contributed by atoms with van der Waals surface area (Å²) in [5.74, 6) is 0.0229. The fraction of sp³-hybridized carbons (Fsp3) is 0.0526. The first-order valence-electron chi connectivity index (χ1n) is 14.3. The van der Waals surface area contributed by atoms with Gasteiger partial charge in [0.1, 0.15) is 22.3 Å². The first-order chi connectivity index (χ1) is 21.0. The Hall–Kier alpha value is -5.13. The maximum absolute atomic E-state index is 13.3. The van der Waals surface area contributed by atoms with Crippen LogP contribution in [0.25, 0.3) is 77.3 Å². The second-order valence-corrected chi connectivity index (χ2v) is 13.5. The third kappa shape index (κ3) is 3.93. The molecule has 0 spiro atoms. The van der Waals surface area contributed by atoms with E-state index in [4.69, 9.17) is 8.83 Å². The van der Waals surface area contributed by atoms with Crippen molar-refractivity contribution in [2.75, 3.05) is 0 Å². The van der Waals surface area contributed by atoms with Crippen molar-refractivity contribution in [3.63, 3.8) is 0 Å². The Morgan fingerprint density at radius 1 is 0.419 bits per heavy atom. The summed E-state index contributed by atoms with van der Waals surface area (Å²) in [4.78, 5) is 0. The monoisotopic (exact) mass is 576 g/mol. The molecule has 206 valence electrons. The molecular weight excluding hydrogens is 552 g/mol. The van der Waals surface area contributed by atoms with E-state index in [-0.39, 0.29) is 11.5 Å². The van der Waals surface area contributed by atoms with Crippen molar-refractivity contribution in [3.8, 4) is 33.4 Å². The molecule has 0 saturated carbocycles. The molecule has 3 heterocycles. The van der Waals surface area contributed by atoms with Gasteiger partial charge in [-0.2, -0.15) is 0 Å². The zero-order chi connectivity index (χ0) is 28.7. The van der Waals surface area contributed by atoms with E-state index in [2.05, 4.69) is 48.5 Å². The summed E-state index contributed by atoms with van der Waals surface area (Å²) in [5.41, 5.74) is 11.1. The van der Waals surface area contributed by atoms with E-state index in [1.165, 1.54) is 0 Å². The van der Waals surface area contributed by atoms with Gasteiger partial charge < -0.3 is 8.83 Å². The Bertz CT molecular complexity index is 2530. The van der Waals surface area contributed by atoms with Gasteiger partial charge in [-0.3, -0.25) is 0 Å². The summed E-state index contributed by atoms with van der Waals surface area (Å²) in [7, 11) is -3.35. The molecule has 0 bridgehead atoms. The molecule has 0 unspecified atom stereocenters. The Balaban J connectivity index is 1.18. The molecule has 0 amide bonds. The van der Waals surface area contributed by atoms with E-state index in [1.807, 2.05) is 72.8 Å². The summed E-state index contributed by atoms with van der Waals surface area (Å²) in [6.45, 7) is 0. The minimum Gasteiger partial charge on any atom is -0.456 e. The second-order valence-electron chi connectivity index (χ2n) is 11.4. The van der Waals surface area contributed by atoms with Crippen LogP contribution < -0.4 is 0 Å². The molecule has 8 aromatic rings. The Morgan fingerprint density at radius 2 is 0.907 bits per heavy atom. The fourth-order valence-corrected chi connectivity index (χ4v) is 8.16. The average Bonchev–Trinajstić information content (AvgIpc) is 3.55. The largest absolute Gasteiger partial charge is 0.456 e. The molecule has 0 saturated heterocycles. The van der Waals surface area contributed by atoms with E-state index in [0.717, 1.165) is 88.4 Å². The highest BCUT2D eigenvalue weighted by atomic mass is 32.2. The summed E-state index contributed by atoms with van der Waals surface area (Å²) < 4.78 is 38.7. The van der Waals surface area contributed by atoms with Crippen molar-refractivity contribution < 1.29 is 17.3 Å². The molecule has 43 heavy (non-hydrogen) atoms. The first-order valence-corrected chi connectivity index (χ1v) is 16.1. The van der Waals surface area contributed by atoms with Crippen molar-refractivity contribution in [1.82, 2.24) is 0 Å². The maximum atomic E-state index is 13.3. The van der Waals surface area contributed by atoms with Gasteiger partial charge in [-0.05, 0) is 93.0 Å². The van der Waals surface area contributed by atoms with Gasteiger partial charge in [-0.15, -0.1) is 0 Å². The van der Waals surface area contributed by atoms with Crippen LogP contribution >= 0.6 is 0 Å². The lowest BCUT2D eigenvalue weighted by Gasteiger charge is -2.13. The van der Waals surface area contributed by atoms with E-state index >= 15 is 0 Å². The molecule has 0 N–H and O–H groups in total. The van der Waals surface area contributed by atoms with Crippen LogP contribution in [0.2, 0.25) is 0 Å². The number of benzene rings is 6. The quantitative estimate of drug-likeness (QED) is 0.205. The van der Waals surface area contributed by atoms with Gasteiger partial charge in [-0.25, -0.2) is 8.42 Å². The number of hydrogen-bond donors (Lipinski definition) is 0. The summed E-state index contributed by atoms with van der Waals surface area (Å²) in [5, 5.41) is 4.27. The maximum Gasteiger partial charge on any atom is 0.158 e. The fourth-order valence-electron chi connectivity index (χ4n) is 6.62. The minimum atomic E-state index is -3.35. The van der Waals surface area contributed by atoms with Crippen LogP contribution in [0.3, 0.4) is 0 Å². The Morgan fingerprint density at radius 3 is 1.56 bits per heavy atom. The van der Waals surface area contributed by atoms with Crippen LogP contribution in [0.5, 0.6) is 0 Å². The molecule has 1 aliphatic rings. The zero-order valence-corrected chi connectivity index (χ0v) is 23.8. The molecule has 6 aromatic carbocycles. The molecule has 0 aliphatic carbocycles. The average molecular weight is 577 g/mol. The number of para-hydroxylation sites is 2. The lowest BCUT2D eigenvalue weighted by Crippen LogP contribution is -2.05. The van der Waals surface area contributed by atoms with E-state index in [1.54, 1.807) is 0 Å². The SMILES string of the molecule is O=S1(=O)Cc2cc(-c3ccc4oc5ccccc5c4c3)ccc2-c2cc(-c3ccc4oc5ccccc5c4c3)ccc2C1. The standard InChI is InChI=1S/C38H24O4S/c39-43(40)21-27-10-9-24(26-13-16-38-34(20-26)31-6-2-4-8-36(31)42-38)18-32(27)29-14-11-23(17-28(29)22-43)25-12-15-37-33(19-25)30-5-1-3-7-35(30)41-37/h1-20H,21-22H2. The number of rotatable bonds is 2. The van der Waals surface area contributed by atoms with Crippen molar-refractivity contribution in [3.05, 3.63) is 132 Å². The first kappa shape index (κ1) is 24.5. The third-order valence-corrected chi connectivity index (χ3v) is 10.2. The second kappa shape index (κ2) is 8.93. The molecule has 0 atom stereocenters. The van der Waals surface area contributed by atoms with Gasteiger partial charge in [0.2, 0.25) is 0 Å². The summed E-state index contributed by atoms with van der Waals surface area (Å²) >= 11 is 0. The zero-order valence-electron chi connectivity index (χ0n) is 23.0. The molecule has 4 nitrogen and oxygen atoms in total. The molecule has 9 rings (SSSR count). The molecule has 2 aromatic heterocycles. The highest BCUT2D eigenvalue weighted by molar-refractivity contribution is 7.89. The molecule has 0 radical (unpaired) electrons. The van der Waals surface area contributed by atoms with Crippen molar-refractivity contribution >= 4 is 53.7 Å². The molecular formula is C38H24O4S. The van der Waals surface area contributed by atoms with Crippen molar-refractivity contribution in [2.24, 2.45) is 0 Å². The third-order valence-electron chi connectivity index (χ3n) is 8.68. The number of sulfone groups is 1. The van der Waals surface area contributed by atoms with Crippen molar-refractivity contribution in [2.45, 2.75) is 11.5 Å². The smallest absolute Gasteiger partial charge is 0.158 e. The van der Waals surface area contributed by atoms with Crippen LogP contribution in [0.1, 0.15) is 11.1 Å². The van der Waals surface area contributed by atoms with E-state index in [9.17, 15) is 8.42 Å². The molecule has 0 fully saturated rings. The van der Waals surface area contributed by atoms with Gasteiger partial charge in [-0.1, -0.05) is 72.8 Å². The van der Waals surface area contributed by atoms with Crippen LogP contribution in [-0.2, 0) is 21.3 Å². The van der Waals surface area contributed by atoms with Crippen LogP contribution in [-0.4, -0.2) is 8.42 Å². The van der Waals surface area contributed by atoms with Crippen LogP contribution in [0, 0.1) is 0 Å². The lowest BCUT2D eigenvalue weighted by molar-refractivity contribution is 0.595. The summed E-state index contributed by atoms with van der Waals surface area (Å²) in [6, 6.07) is 40.9. The van der Waals surface area contributed by atoms with Gasteiger partial charge in [0.25, 0.3) is 0 Å². The predicted octanol–water partition coefficient (Wildman–Crippen LogP) is 9.91. The van der Waals surface area contributed by atoms with Gasteiger partial charge in [0, 0.05) is 21.5 Å². The number of hydrogen-bond acceptors (Lipinski definition) is 4. The summed E-state index contributed by atoms with van der Waals surface area (Å²) in [6.07, 6.45) is 0. The Labute approximate surface area is 247 Å². The lowest BCUT2D eigenvalue weighted by atomic mass is 9.90. The normalized spacial score (nSPS) is 14.2. The topological polar surface area (TPSA) is 60.4 Å². The number of fused-ring (bicyclic) bond motifs is 9. The highest BCUT2D eigenvalue weighted by Crippen LogP contribution is 2.40. The van der Waals surface area contributed by atoms with Gasteiger partial charge >= 0.3 is 0 Å². The Kier molecular flexibility index (Phi) is 5.08. The molecule has 1 aliphatic heterocycles. The van der Waals surface area contributed by atoms with Crippen LogP contribution in [0.4, 0.5) is 0 Å². The molecule has 5 heteroatoms. The van der Waals surface area contributed by atoms with Gasteiger partial charge in [0.05, 0.1) is 11.5 Å². The van der Waals surface area contributed by atoms with E-state index < -0.39 is 9.84 Å². The van der Waals surface area contributed by atoms with Crippen LogP contribution in [0.15, 0.2) is 130 Å². The minimum absolute atomic E-state index is 0.00401. The van der Waals surface area contributed by atoms with Crippen molar-refractivity contribution in [1.29, 1.82) is 0 Å². The highest BCUT2D eigenvalue weighted by Gasteiger charge is 2.25.